The molecule has 1 fully saturated rings. The number of furan rings is 1. The Labute approximate surface area is 452 Å². The summed E-state index contributed by atoms with van der Waals surface area (Å²) in [5.41, 5.74) is 25.3. The Bertz CT molecular complexity index is 3720. The summed E-state index contributed by atoms with van der Waals surface area (Å²) in [6, 6.07) is 65.0. The van der Waals surface area contributed by atoms with E-state index in [4.69, 9.17) is 4.42 Å². The fourth-order valence-electron chi connectivity index (χ4n) is 13.9. The van der Waals surface area contributed by atoms with E-state index in [0.717, 1.165) is 57.9 Å². The third-order valence-corrected chi connectivity index (χ3v) is 18.4. The number of nitrogens with zero attached hydrogens (tertiary/aromatic N) is 3. The topological polar surface area (TPSA) is 22.9 Å². The molecule has 4 nitrogen and oxygen atoms in total. The van der Waals surface area contributed by atoms with E-state index in [2.05, 4.69) is 268 Å². The monoisotopic (exact) mass is 994 g/mol. The standard InChI is InChI=1S/C71H72BN3O/c1-45-22-16-17-25-54(45)47-40-57-65-58(41-47)72-63-60(74(64-55-26-18-19-27-62(55)76-66(64)72)59-37-32-50(69(8,9)10)42-56(59)46-23-14-13-15-24-46)43-53(44-61(63)75(65)71(12)39-21-20-38-70(57,71)11)73(51-33-28-48(29-34-51)67(2,3)4)52-35-30-49(31-36-52)68(5,6)7/h13-19,22-37,40-44H,20-21,38-39H2,1-12H3. The molecule has 4 heterocycles. The van der Waals surface area contributed by atoms with Crippen molar-refractivity contribution in [2.75, 3.05) is 14.7 Å². The summed E-state index contributed by atoms with van der Waals surface area (Å²) in [5, 5.41) is 1.11. The van der Waals surface area contributed by atoms with Gasteiger partial charge in [-0.15, -0.1) is 0 Å². The van der Waals surface area contributed by atoms with E-state index >= 15 is 0 Å². The highest BCUT2D eigenvalue weighted by molar-refractivity contribution is 7.00. The van der Waals surface area contributed by atoms with Crippen LogP contribution >= 0.6 is 0 Å². The van der Waals surface area contributed by atoms with E-state index < -0.39 is 0 Å². The molecule has 0 amide bonds. The van der Waals surface area contributed by atoms with Crippen LogP contribution in [0.4, 0.5) is 45.5 Å². The van der Waals surface area contributed by atoms with Crippen LogP contribution in [0, 0.1) is 6.92 Å². The van der Waals surface area contributed by atoms with Crippen LogP contribution in [0.3, 0.4) is 0 Å². The SMILES string of the molecule is Cc1ccccc1-c1cc2c3c(c1)C1(C)CCCCC1(C)N3c1cc(N(c3ccc(C(C)(C)C)cc3)c3ccc(C(C)(C)C)cc3)cc3c1B2c1oc2ccccc2c1N3c1ccc(C(C)(C)C)cc1-c1ccccc1. The predicted octanol–water partition coefficient (Wildman–Crippen LogP) is 17.8. The summed E-state index contributed by atoms with van der Waals surface area (Å²) in [7, 11) is 0. The lowest BCUT2D eigenvalue weighted by atomic mass is 9.35. The van der Waals surface area contributed by atoms with Gasteiger partial charge in [-0.25, -0.2) is 0 Å². The Morgan fingerprint density at radius 2 is 1.11 bits per heavy atom. The van der Waals surface area contributed by atoms with Crippen LogP contribution in [0.5, 0.6) is 0 Å². The van der Waals surface area contributed by atoms with Crippen molar-refractivity contribution < 1.29 is 4.42 Å². The molecule has 8 aromatic carbocycles. The molecule has 5 heteroatoms. The first-order valence-electron chi connectivity index (χ1n) is 28.0. The van der Waals surface area contributed by atoms with Gasteiger partial charge < -0.3 is 19.1 Å². The quantitative estimate of drug-likeness (QED) is 0.155. The minimum Gasteiger partial charge on any atom is -0.468 e. The van der Waals surface area contributed by atoms with Crippen LogP contribution in [0.15, 0.2) is 174 Å². The average molecular weight is 994 g/mol. The number of hydrogen-bond donors (Lipinski definition) is 0. The fraction of sp³-hybridized carbons (Fsp3) is 0.296. The second kappa shape index (κ2) is 16.9. The Hall–Kier alpha value is -7.24. The van der Waals surface area contributed by atoms with Gasteiger partial charge in [0.1, 0.15) is 5.58 Å². The third-order valence-electron chi connectivity index (χ3n) is 18.4. The number of benzene rings is 8. The molecular weight excluding hydrogens is 922 g/mol. The summed E-state index contributed by atoms with van der Waals surface area (Å²) in [5.74, 6) is 0. The molecule has 13 rings (SSSR count). The van der Waals surface area contributed by atoms with E-state index in [0.29, 0.717) is 0 Å². The molecular formula is C71H72BN3O. The Kier molecular flexibility index (Phi) is 10.8. The number of anilines is 8. The number of hydrogen-bond acceptors (Lipinski definition) is 4. The highest BCUT2D eigenvalue weighted by atomic mass is 16.3. The molecule has 1 aliphatic carbocycles. The molecule has 1 saturated carbocycles. The van der Waals surface area contributed by atoms with Crippen molar-refractivity contribution in [1.29, 1.82) is 0 Å². The van der Waals surface area contributed by atoms with Gasteiger partial charge >= 0.3 is 0 Å². The van der Waals surface area contributed by atoms with Gasteiger partial charge in [0.05, 0.1) is 28.3 Å². The van der Waals surface area contributed by atoms with Crippen molar-refractivity contribution in [2.45, 2.75) is 136 Å². The first-order chi connectivity index (χ1) is 36.2. The van der Waals surface area contributed by atoms with Crippen molar-refractivity contribution >= 4 is 79.8 Å². The lowest BCUT2D eigenvalue weighted by molar-refractivity contribution is 0.195. The third kappa shape index (κ3) is 7.24. The molecule has 3 aliphatic heterocycles. The molecule has 0 saturated heterocycles. The van der Waals surface area contributed by atoms with E-state index in [1.165, 1.54) is 90.9 Å². The summed E-state index contributed by atoms with van der Waals surface area (Å²) in [4.78, 5) is 8.02. The zero-order valence-electron chi connectivity index (χ0n) is 46.8. The van der Waals surface area contributed by atoms with Crippen molar-refractivity contribution in [2.24, 2.45) is 0 Å². The van der Waals surface area contributed by atoms with Crippen molar-refractivity contribution in [3.63, 3.8) is 0 Å². The molecule has 0 bridgehead atoms. The second-order valence-electron chi connectivity index (χ2n) is 26.2. The highest BCUT2D eigenvalue weighted by Gasteiger charge is 2.62. The summed E-state index contributed by atoms with van der Waals surface area (Å²) < 4.78 is 7.53. The lowest BCUT2D eigenvalue weighted by Gasteiger charge is -2.52. The minimum atomic E-state index is -0.208. The summed E-state index contributed by atoms with van der Waals surface area (Å²) in [6.45, 7) is 28.1. The predicted molar refractivity (Wildman–Crippen MR) is 325 cm³/mol. The second-order valence-corrected chi connectivity index (χ2v) is 26.2. The number of aryl methyl sites for hydroxylation is 1. The largest absolute Gasteiger partial charge is 0.468 e. The van der Waals surface area contributed by atoms with E-state index in [-0.39, 0.29) is 33.9 Å². The lowest BCUT2D eigenvalue weighted by Crippen LogP contribution is -2.64. The minimum absolute atomic E-state index is 0.00924. The Morgan fingerprint density at radius 1 is 0.513 bits per heavy atom. The van der Waals surface area contributed by atoms with Crippen LogP contribution in [0.1, 0.15) is 130 Å². The van der Waals surface area contributed by atoms with Gasteiger partial charge in [-0.2, -0.15) is 0 Å². The maximum atomic E-state index is 7.53. The highest BCUT2D eigenvalue weighted by Crippen LogP contribution is 2.63. The van der Waals surface area contributed by atoms with Gasteiger partial charge in [0.15, 0.2) is 0 Å². The molecule has 0 spiro atoms. The molecule has 76 heavy (non-hydrogen) atoms. The van der Waals surface area contributed by atoms with E-state index in [9.17, 15) is 0 Å². The molecule has 2 atom stereocenters. The molecule has 1 aromatic heterocycles. The molecule has 380 valence electrons. The van der Waals surface area contributed by atoms with Gasteiger partial charge in [0.2, 0.25) is 0 Å². The van der Waals surface area contributed by atoms with E-state index in [1.807, 2.05) is 0 Å². The van der Waals surface area contributed by atoms with Crippen molar-refractivity contribution in [3.05, 3.63) is 198 Å². The zero-order valence-corrected chi connectivity index (χ0v) is 46.8. The molecule has 0 N–H and O–H groups in total. The van der Waals surface area contributed by atoms with Gasteiger partial charge in [-0.05, 0) is 165 Å². The van der Waals surface area contributed by atoms with Crippen molar-refractivity contribution in [1.82, 2.24) is 0 Å². The molecule has 4 aliphatic rings. The van der Waals surface area contributed by atoms with Gasteiger partial charge in [0.25, 0.3) is 6.71 Å². The van der Waals surface area contributed by atoms with Crippen LogP contribution in [-0.4, -0.2) is 12.3 Å². The Morgan fingerprint density at radius 3 is 1.76 bits per heavy atom. The number of para-hydroxylation sites is 1. The maximum Gasteiger partial charge on any atom is 0.297 e. The molecule has 0 radical (unpaired) electrons. The van der Waals surface area contributed by atoms with Crippen LogP contribution in [0.2, 0.25) is 0 Å². The fourth-order valence-corrected chi connectivity index (χ4v) is 13.9. The molecule has 9 aromatic rings. The van der Waals surface area contributed by atoms with Gasteiger partial charge in [0, 0.05) is 44.8 Å². The summed E-state index contributed by atoms with van der Waals surface area (Å²) >= 11 is 0. The first-order valence-corrected chi connectivity index (χ1v) is 28.0. The van der Waals surface area contributed by atoms with Crippen molar-refractivity contribution in [3.8, 4) is 22.3 Å². The zero-order chi connectivity index (χ0) is 52.8. The summed E-state index contributed by atoms with van der Waals surface area (Å²) in [6.07, 6.45) is 4.63. The van der Waals surface area contributed by atoms with Gasteiger partial charge in [-0.1, -0.05) is 185 Å². The van der Waals surface area contributed by atoms with Gasteiger partial charge in [-0.3, -0.25) is 0 Å². The van der Waals surface area contributed by atoms with Crippen LogP contribution in [0.25, 0.3) is 33.2 Å². The Balaban J connectivity index is 1.19. The average Bonchev–Trinajstić information content (AvgIpc) is 3.41. The smallest absolute Gasteiger partial charge is 0.297 e. The number of fused-ring (bicyclic) bond motifs is 9. The number of rotatable bonds is 6. The van der Waals surface area contributed by atoms with Crippen LogP contribution in [-0.2, 0) is 21.7 Å². The normalized spacial score (nSPS) is 18.6. The maximum absolute atomic E-state index is 7.53. The molecule has 2 unspecified atom stereocenters. The first kappa shape index (κ1) is 48.4. The van der Waals surface area contributed by atoms with E-state index in [1.54, 1.807) is 0 Å². The van der Waals surface area contributed by atoms with Crippen LogP contribution < -0.4 is 31.3 Å².